The standard InChI is InChI=1S/C27H28N4O2/c1-18-16-20-6-2-5-9-24(20)31(18)17-25-21(12-15-33-25)27(32)30-13-10-19(11-14-30)26-28-22-7-3-4-8-23(22)29-26/h2-9,12,15,18-19H,10-11,13-14,16-17H2,1H3,(H,28,29). The lowest BCUT2D eigenvalue weighted by Gasteiger charge is -2.31. The summed E-state index contributed by atoms with van der Waals surface area (Å²) in [5.41, 5.74) is 5.37. The van der Waals surface area contributed by atoms with Crippen LogP contribution in [-0.2, 0) is 13.0 Å². The van der Waals surface area contributed by atoms with Crippen molar-refractivity contribution in [3.05, 3.63) is 83.6 Å². The number of benzene rings is 2. The minimum atomic E-state index is 0.0712. The Balaban J connectivity index is 1.14. The van der Waals surface area contributed by atoms with E-state index < -0.39 is 0 Å². The number of aromatic amines is 1. The van der Waals surface area contributed by atoms with Crippen LogP contribution in [0.15, 0.2) is 65.3 Å². The lowest BCUT2D eigenvalue weighted by Crippen LogP contribution is -2.38. The fourth-order valence-electron chi connectivity index (χ4n) is 5.37. The van der Waals surface area contributed by atoms with Crippen LogP contribution in [0, 0.1) is 0 Å². The van der Waals surface area contributed by atoms with Gasteiger partial charge in [-0.25, -0.2) is 4.98 Å². The molecule has 168 valence electrons. The Kier molecular flexibility index (Phi) is 4.93. The summed E-state index contributed by atoms with van der Waals surface area (Å²) in [5.74, 6) is 2.21. The summed E-state index contributed by atoms with van der Waals surface area (Å²) in [6.45, 7) is 4.30. The van der Waals surface area contributed by atoms with Gasteiger partial charge in [0.05, 0.1) is 29.4 Å². The van der Waals surface area contributed by atoms with Crippen molar-refractivity contribution < 1.29 is 9.21 Å². The number of aromatic nitrogens is 2. The van der Waals surface area contributed by atoms with Crippen LogP contribution >= 0.6 is 0 Å². The van der Waals surface area contributed by atoms with Gasteiger partial charge in [0.2, 0.25) is 0 Å². The second-order valence-electron chi connectivity index (χ2n) is 9.27. The molecule has 4 heterocycles. The van der Waals surface area contributed by atoms with Crippen LogP contribution < -0.4 is 4.90 Å². The van der Waals surface area contributed by atoms with Gasteiger partial charge in [0, 0.05) is 30.7 Å². The molecule has 1 amide bonds. The van der Waals surface area contributed by atoms with E-state index in [-0.39, 0.29) is 5.91 Å². The maximum Gasteiger partial charge on any atom is 0.257 e. The molecule has 33 heavy (non-hydrogen) atoms. The van der Waals surface area contributed by atoms with Gasteiger partial charge in [0.25, 0.3) is 5.91 Å². The lowest BCUT2D eigenvalue weighted by molar-refractivity contribution is 0.0709. The van der Waals surface area contributed by atoms with E-state index in [9.17, 15) is 4.79 Å². The number of rotatable bonds is 4. The molecule has 1 atom stereocenters. The maximum atomic E-state index is 13.4. The molecule has 6 heteroatoms. The van der Waals surface area contributed by atoms with E-state index in [0.717, 1.165) is 55.0 Å². The smallest absolute Gasteiger partial charge is 0.257 e. The van der Waals surface area contributed by atoms with Crippen molar-refractivity contribution in [3.8, 4) is 0 Å². The van der Waals surface area contributed by atoms with Gasteiger partial charge in [0.1, 0.15) is 11.6 Å². The quantitative estimate of drug-likeness (QED) is 0.478. The van der Waals surface area contributed by atoms with Gasteiger partial charge in [-0.3, -0.25) is 4.79 Å². The van der Waals surface area contributed by atoms with E-state index in [1.54, 1.807) is 6.26 Å². The molecular formula is C27H28N4O2. The molecule has 2 aromatic carbocycles. The number of likely N-dealkylation sites (tertiary alicyclic amines) is 1. The van der Waals surface area contributed by atoms with Crippen molar-refractivity contribution in [1.29, 1.82) is 0 Å². The summed E-state index contributed by atoms with van der Waals surface area (Å²) >= 11 is 0. The number of carbonyl (C=O) groups excluding carboxylic acids is 1. The molecule has 1 fully saturated rings. The first-order valence-corrected chi connectivity index (χ1v) is 11.8. The highest BCUT2D eigenvalue weighted by atomic mass is 16.3. The average molecular weight is 441 g/mol. The molecule has 6 rings (SSSR count). The number of para-hydroxylation sites is 3. The molecular weight excluding hydrogens is 412 g/mol. The van der Waals surface area contributed by atoms with Crippen molar-refractivity contribution in [2.45, 2.75) is 44.7 Å². The Labute approximate surface area is 193 Å². The zero-order valence-corrected chi connectivity index (χ0v) is 18.8. The predicted octanol–water partition coefficient (Wildman–Crippen LogP) is 5.13. The van der Waals surface area contributed by atoms with Crippen LogP contribution in [0.25, 0.3) is 11.0 Å². The number of hydrogen-bond acceptors (Lipinski definition) is 4. The van der Waals surface area contributed by atoms with Crippen molar-refractivity contribution >= 4 is 22.6 Å². The Morgan fingerprint density at radius 3 is 2.73 bits per heavy atom. The summed E-state index contributed by atoms with van der Waals surface area (Å²) in [7, 11) is 0. The lowest BCUT2D eigenvalue weighted by atomic mass is 9.95. The van der Waals surface area contributed by atoms with Crippen molar-refractivity contribution in [1.82, 2.24) is 14.9 Å². The molecule has 0 saturated carbocycles. The van der Waals surface area contributed by atoms with E-state index in [1.807, 2.05) is 29.2 Å². The normalized spacial score (nSPS) is 18.8. The number of H-pyrrole nitrogens is 1. The van der Waals surface area contributed by atoms with Crippen LogP contribution in [-0.4, -0.2) is 39.9 Å². The molecule has 0 radical (unpaired) electrons. The monoisotopic (exact) mass is 440 g/mol. The number of carbonyl (C=O) groups is 1. The topological polar surface area (TPSA) is 65.4 Å². The molecule has 2 aromatic heterocycles. The number of anilines is 1. The first-order chi connectivity index (χ1) is 16.2. The Morgan fingerprint density at radius 2 is 1.88 bits per heavy atom. The van der Waals surface area contributed by atoms with Crippen LogP contribution in [0.2, 0.25) is 0 Å². The van der Waals surface area contributed by atoms with Crippen molar-refractivity contribution in [3.63, 3.8) is 0 Å². The van der Waals surface area contributed by atoms with Gasteiger partial charge in [-0.15, -0.1) is 0 Å². The highest BCUT2D eigenvalue weighted by Crippen LogP contribution is 2.34. The number of nitrogens with zero attached hydrogens (tertiary/aromatic N) is 3. The summed E-state index contributed by atoms with van der Waals surface area (Å²) in [6, 6.07) is 18.9. The molecule has 1 unspecified atom stereocenters. The van der Waals surface area contributed by atoms with E-state index in [2.05, 4.69) is 47.1 Å². The van der Waals surface area contributed by atoms with Gasteiger partial charge in [-0.05, 0) is 56.0 Å². The predicted molar refractivity (Wildman–Crippen MR) is 128 cm³/mol. The fraction of sp³-hybridized carbons (Fsp3) is 0.333. The first kappa shape index (κ1) is 20.1. The summed E-state index contributed by atoms with van der Waals surface area (Å²) in [6.07, 6.45) is 4.50. The van der Waals surface area contributed by atoms with Crippen LogP contribution in [0.4, 0.5) is 5.69 Å². The van der Waals surface area contributed by atoms with E-state index >= 15 is 0 Å². The second-order valence-corrected chi connectivity index (χ2v) is 9.27. The molecule has 1 saturated heterocycles. The largest absolute Gasteiger partial charge is 0.467 e. The third-order valence-electron chi connectivity index (χ3n) is 7.21. The average Bonchev–Trinajstić information content (AvgIpc) is 3.56. The van der Waals surface area contributed by atoms with Crippen molar-refractivity contribution in [2.24, 2.45) is 0 Å². The number of nitrogens with one attached hydrogen (secondary N) is 1. The van der Waals surface area contributed by atoms with Crippen LogP contribution in [0.5, 0.6) is 0 Å². The first-order valence-electron chi connectivity index (χ1n) is 11.8. The number of amides is 1. The minimum Gasteiger partial charge on any atom is -0.467 e. The number of furan rings is 1. The molecule has 0 bridgehead atoms. The molecule has 1 N–H and O–H groups in total. The zero-order chi connectivity index (χ0) is 22.4. The van der Waals surface area contributed by atoms with Gasteiger partial charge >= 0.3 is 0 Å². The highest BCUT2D eigenvalue weighted by molar-refractivity contribution is 5.95. The molecule has 2 aliphatic heterocycles. The summed E-state index contributed by atoms with van der Waals surface area (Å²) in [4.78, 5) is 25.9. The van der Waals surface area contributed by atoms with E-state index in [4.69, 9.17) is 9.40 Å². The van der Waals surface area contributed by atoms with Gasteiger partial charge in [-0.1, -0.05) is 30.3 Å². The van der Waals surface area contributed by atoms with Crippen LogP contribution in [0.3, 0.4) is 0 Å². The van der Waals surface area contributed by atoms with Crippen molar-refractivity contribution in [2.75, 3.05) is 18.0 Å². The van der Waals surface area contributed by atoms with E-state index in [1.165, 1.54) is 11.3 Å². The second kappa shape index (κ2) is 8.10. The number of hydrogen-bond donors (Lipinski definition) is 1. The van der Waals surface area contributed by atoms with E-state index in [0.29, 0.717) is 24.1 Å². The molecule has 6 nitrogen and oxygen atoms in total. The van der Waals surface area contributed by atoms with Gasteiger partial charge < -0.3 is 19.2 Å². The summed E-state index contributed by atoms with van der Waals surface area (Å²) < 4.78 is 5.82. The molecule has 0 spiro atoms. The number of imidazole rings is 1. The Morgan fingerprint density at radius 1 is 1.09 bits per heavy atom. The maximum absolute atomic E-state index is 13.4. The van der Waals surface area contributed by atoms with Gasteiger partial charge in [0.15, 0.2) is 0 Å². The molecule has 4 aromatic rings. The molecule has 2 aliphatic rings. The Bertz CT molecular complexity index is 1270. The Hall–Kier alpha value is -3.54. The minimum absolute atomic E-state index is 0.0712. The number of piperidine rings is 1. The van der Waals surface area contributed by atoms with Crippen LogP contribution in [0.1, 0.15) is 53.2 Å². The highest BCUT2D eigenvalue weighted by Gasteiger charge is 2.31. The zero-order valence-electron chi connectivity index (χ0n) is 18.8. The number of fused-ring (bicyclic) bond motifs is 2. The summed E-state index contributed by atoms with van der Waals surface area (Å²) in [5, 5.41) is 0. The molecule has 0 aliphatic carbocycles. The SMILES string of the molecule is CC1Cc2ccccc2N1Cc1occc1C(=O)N1CCC(c2nc3ccccc3[nH]2)CC1. The fourth-order valence-corrected chi connectivity index (χ4v) is 5.37. The third kappa shape index (κ3) is 3.59. The third-order valence-corrected chi connectivity index (χ3v) is 7.21. The van der Waals surface area contributed by atoms with Gasteiger partial charge in [-0.2, -0.15) is 0 Å².